The largest absolute Gasteiger partial charge is 0.368 e. The van der Waals surface area contributed by atoms with Gasteiger partial charge < -0.3 is 10.6 Å². The SMILES string of the molecule is NC(=O)[C@@H]1C[C@H]2CCCC[C@@H]2N1c1ncnc2scc(-c3ccccc3)c12. The van der Waals surface area contributed by atoms with Gasteiger partial charge in [-0.1, -0.05) is 43.2 Å². The highest BCUT2D eigenvalue weighted by Crippen LogP contribution is 2.45. The molecule has 1 amide bonds. The lowest BCUT2D eigenvalue weighted by molar-refractivity contribution is -0.119. The second-order valence-corrected chi connectivity index (χ2v) is 8.42. The smallest absolute Gasteiger partial charge is 0.240 e. The normalized spacial score (nSPS) is 24.9. The molecule has 3 atom stereocenters. The molecule has 0 radical (unpaired) electrons. The number of thiophene rings is 1. The summed E-state index contributed by atoms with van der Waals surface area (Å²) in [5.41, 5.74) is 8.11. The number of primary amides is 1. The van der Waals surface area contributed by atoms with E-state index < -0.39 is 0 Å². The van der Waals surface area contributed by atoms with E-state index in [-0.39, 0.29) is 11.9 Å². The van der Waals surface area contributed by atoms with Crippen LogP contribution >= 0.6 is 11.3 Å². The number of nitrogens with two attached hydrogens (primary N) is 1. The van der Waals surface area contributed by atoms with Crippen LogP contribution in [0.25, 0.3) is 21.3 Å². The quantitative estimate of drug-likeness (QED) is 0.748. The second kappa shape index (κ2) is 6.60. The molecule has 0 bridgehead atoms. The van der Waals surface area contributed by atoms with E-state index in [9.17, 15) is 4.79 Å². The Labute approximate surface area is 162 Å². The van der Waals surface area contributed by atoms with Gasteiger partial charge in [0, 0.05) is 17.0 Å². The third kappa shape index (κ3) is 2.70. The van der Waals surface area contributed by atoms with Gasteiger partial charge in [0.25, 0.3) is 0 Å². The number of hydrogen-bond acceptors (Lipinski definition) is 5. The molecule has 1 aliphatic carbocycles. The van der Waals surface area contributed by atoms with Crippen molar-refractivity contribution in [1.82, 2.24) is 9.97 Å². The zero-order valence-corrected chi connectivity index (χ0v) is 15.9. The van der Waals surface area contributed by atoms with Gasteiger partial charge in [0.1, 0.15) is 23.0 Å². The van der Waals surface area contributed by atoms with E-state index in [1.807, 2.05) is 18.2 Å². The van der Waals surface area contributed by atoms with Crippen molar-refractivity contribution < 1.29 is 4.79 Å². The summed E-state index contributed by atoms with van der Waals surface area (Å²) in [5.74, 6) is 1.16. The van der Waals surface area contributed by atoms with Crippen LogP contribution in [-0.2, 0) is 4.79 Å². The first-order valence-corrected chi connectivity index (χ1v) is 10.5. The van der Waals surface area contributed by atoms with Gasteiger partial charge in [0.2, 0.25) is 5.91 Å². The Morgan fingerprint density at radius 1 is 1.15 bits per heavy atom. The van der Waals surface area contributed by atoms with Crippen LogP contribution in [0.15, 0.2) is 42.0 Å². The maximum atomic E-state index is 12.3. The third-order valence-electron chi connectivity index (χ3n) is 6.10. The molecule has 5 rings (SSSR count). The molecule has 3 aromatic rings. The van der Waals surface area contributed by atoms with E-state index in [2.05, 4.69) is 32.4 Å². The molecule has 1 saturated heterocycles. The molecule has 1 saturated carbocycles. The number of aromatic nitrogens is 2. The lowest BCUT2D eigenvalue weighted by Crippen LogP contribution is -2.45. The minimum absolute atomic E-state index is 0.243. The summed E-state index contributed by atoms with van der Waals surface area (Å²) >= 11 is 1.63. The van der Waals surface area contributed by atoms with Crippen molar-refractivity contribution in [2.24, 2.45) is 11.7 Å². The van der Waals surface area contributed by atoms with Crippen LogP contribution in [0.1, 0.15) is 32.1 Å². The number of fused-ring (bicyclic) bond motifs is 2. The van der Waals surface area contributed by atoms with Crippen molar-refractivity contribution in [2.75, 3.05) is 4.90 Å². The van der Waals surface area contributed by atoms with Crippen molar-refractivity contribution in [2.45, 2.75) is 44.2 Å². The lowest BCUT2D eigenvalue weighted by atomic mass is 9.84. The summed E-state index contributed by atoms with van der Waals surface area (Å²) in [6.07, 6.45) is 7.19. The number of carbonyl (C=O) groups excluding carboxylic acids is 1. The van der Waals surface area contributed by atoms with Crippen molar-refractivity contribution in [3.05, 3.63) is 42.0 Å². The molecule has 2 N–H and O–H groups in total. The Balaban J connectivity index is 1.70. The molecule has 2 aliphatic rings. The standard InChI is InChI=1S/C21H22N4OS/c22-19(26)17-10-14-8-4-5-9-16(14)25(17)20-18-15(13-6-2-1-3-7-13)11-27-21(18)24-12-23-20/h1-3,6-7,11-12,14,16-17H,4-5,8-10H2,(H2,22,26)/t14-,16+,17+/m1/s1. The minimum Gasteiger partial charge on any atom is -0.368 e. The molecule has 138 valence electrons. The number of rotatable bonds is 3. The van der Waals surface area contributed by atoms with Crippen LogP contribution < -0.4 is 10.6 Å². The molecule has 1 aromatic carbocycles. The summed E-state index contributed by atoms with van der Waals surface area (Å²) in [7, 11) is 0. The predicted octanol–water partition coefficient (Wildman–Crippen LogP) is 3.98. The monoisotopic (exact) mass is 378 g/mol. The van der Waals surface area contributed by atoms with Crippen molar-refractivity contribution >= 4 is 33.3 Å². The van der Waals surface area contributed by atoms with Gasteiger partial charge in [0.05, 0.1) is 5.39 Å². The van der Waals surface area contributed by atoms with E-state index in [0.29, 0.717) is 12.0 Å². The highest BCUT2D eigenvalue weighted by molar-refractivity contribution is 7.17. The van der Waals surface area contributed by atoms with Crippen LogP contribution in [-0.4, -0.2) is 28.0 Å². The molecule has 0 unspecified atom stereocenters. The molecule has 27 heavy (non-hydrogen) atoms. The van der Waals surface area contributed by atoms with Gasteiger partial charge >= 0.3 is 0 Å². The number of carbonyl (C=O) groups is 1. The van der Waals surface area contributed by atoms with E-state index in [0.717, 1.165) is 40.0 Å². The van der Waals surface area contributed by atoms with Crippen molar-refractivity contribution in [1.29, 1.82) is 0 Å². The Hall–Kier alpha value is -2.47. The molecule has 1 aliphatic heterocycles. The first kappa shape index (κ1) is 16.7. The average Bonchev–Trinajstić information content (AvgIpc) is 3.30. The highest BCUT2D eigenvalue weighted by Gasteiger charge is 2.45. The Kier molecular flexibility index (Phi) is 4.08. The fraction of sp³-hybridized carbons (Fsp3) is 0.381. The fourth-order valence-corrected chi connectivity index (χ4v) is 5.81. The molecular formula is C21H22N4OS. The summed E-state index contributed by atoms with van der Waals surface area (Å²) in [6.45, 7) is 0. The topological polar surface area (TPSA) is 72.1 Å². The highest BCUT2D eigenvalue weighted by atomic mass is 32.1. The molecule has 2 fully saturated rings. The summed E-state index contributed by atoms with van der Waals surface area (Å²) in [5, 5.41) is 3.19. The van der Waals surface area contributed by atoms with Crippen LogP contribution in [0, 0.1) is 5.92 Å². The van der Waals surface area contributed by atoms with E-state index in [4.69, 9.17) is 5.73 Å². The van der Waals surface area contributed by atoms with Gasteiger partial charge in [-0.3, -0.25) is 4.79 Å². The lowest BCUT2D eigenvalue weighted by Gasteiger charge is -2.34. The number of nitrogens with zero attached hydrogens (tertiary/aromatic N) is 3. The Bertz CT molecular complexity index is 986. The Morgan fingerprint density at radius 3 is 2.78 bits per heavy atom. The number of amides is 1. The molecule has 6 heteroatoms. The van der Waals surface area contributed by atoms with E-state index in [1.165, 1.54) is 19.3 Å². The van der Waals surface area contributed by atoms with Gasteiger partial charge in [-0.15, -0.1) is 11.3 Å². The van der Waals surface area contributed by atoms with Gasteiger partial charge in [-0.25, -0.2) is 9.97 Å². The number of anilines is 1. The van der Waals surface area contributed by atoms with Crippen LogP contribution in [0.2, 0.25) is 0 Å². The first-order chi connectivity index (χ1) is 13.2. The number of hydrogen-bond donors (Lipinski definition) is 1. The average molecular weight is 379 g/mol. The van der Waals surface area contributed by atoms with Crippen LogP contribution in [0.5, 0.6) is 0 Å². The zero-order valence-electron chi connectivity index (χ0n) is 15.0. The zero-order chi connectivity index (χ0) is 18.4. The third-order valence-corrected chi connectivity index (χ3v) is 6.98. The van der Waals surface area contributed by atoms with Gasteiger partial charge in [-0.2, -0.15) is 0 Å². The molecule has 2 aromatic heterocycles. The molecular weight excluding hydrogens is 356 g/mol. The summed E-state index contributed by atoms with van der Waals surface area (Å²) in [6, 6.07) is 10.4. The maximum Gasteiger partial charge on any atom is 0.240 e. The van der Waals surface area contributed by atoms with E-state index >= 15 is 0 Å². The van der Waals surface area contributed by atoms with E-state index in [1.54, 1.807) is 17.7 Å². The van der Waals surface area contributed by atoms with Crippen LogP contribution in [0.3, 0.4) is 0 Å². The van der Waals surface area contributed by atoms with Gasteiger partial charge in [-0.05, 0) is 30.7 Å². The first-order valence-electron chi connectivity index (χ1n) is 9.59. The van der Waals surface area contributed by atoms with Gasteiger partial charge in [0.15, 0.2) is 0 Å². The second-order valence-electron chi connectivity index (χ2n) is 7.57. The molecule has 5 nitrogen and oxygen atoms in total. The Morgan fingerprint density at radius 2 is 1.96 bits per heavy atom. The number of benzene rings is 1. The molecule has 0 spiro atoms. The maximum absolute atomic E-state index is 12.3. The summed E-state index contributed by atoms with van der Waals surface area (Å²) < 4.78 is 0. The fourth-order valence-electron chi connectivity index (χ4n) is 4.90. The predicted molar refractivity (Wildman–Crippen MR) is 109 cm³/mol. The molecule has 3 heterocycles. The van der Waals surface area contributed by atoms with Crippen molar-refractivity contribution in [3.63, 3.8) is 0 Å². The summed E-state index contributed by atoms with van der Waals surface area (Å²) in [4.78, 5) is 24.7. The minimum atomic E-state index is -0.278. The van der Waals surface area contributed by atoms with Crippen LogP contribution in [0.4, 0.5) is 5.82 Å². The van der Waals surface area contributed by atoms with Crippen molar-refractivity contribution in [3.8, 4) is 11.1 Å².